The zero-order valence-electron chi connectivity index (χ0n) is 30.0. The maximum atomic E-state index is 6.83. The van der Waals surface area contributed by atoms with Crippen LogP contribution < -0.4 is 0 Å². The zero-order chi connectivity index (χ0) is 35.7. The average Bonchev–Trinajstić information content (AvgIpc) is 3.68. The summed E-state index contributed by atoms with van der Waals surface area (Å²) in [5.41, 5.74) is 9.99. The quantitative estimate of drug-likeness (QED) is 0.166. The van der Waals surface area contributed by atoms with Gasteiger partial charge in [-0.25, -0.2) is 4.99 Å². The Morgan fingerprint density at radius 3 is 2.11 bits per heavy atom. The van der Waals surface area contributed by atoms with Crippen molar-refractivity contribution in [1.82, 2.24) is 0 Å². The molecule has 0 amide bonds. The van der Waals surface area contributed by atoms with E-state index in [0.717, 1.165) is 44.6 Å². The minimum atomic E-state index is -0.235. The van der Waals surface area contributed by atoms with E-state index in [0.29, 0.717) is 0 Å². The van der Waals surface area contributed by atoms with E-state index < -0.39 is 0 Å². The number of fused-ring (bicyclic) bond motifs is 15. The normalized spacial score (nSPS) is 18.4. The number of benzene rings is 8. The highest BCUT2D eigenvalue weighted by Crippen LogP contribution is 2.52. The minimum absolute atomic E-state index is 0.0290. The number of amidine groups is 1. The lowest BCUT2D eigenvalue weighted by Gasteiger charge is -2.28. The number of aliphatic imine (C=N–C) groups is 2. The van der Waals surface area contributed by atoms with Crippen LogP contribution in [0.25, 0.3) is 76.2 Å². The van der Waals surface area contributed by atoms with Crippen molar-refractivity contribution >= 4 is 76.6 Å². The van der Waals surface area contributed by atoms with E-state index in [9.17, 15) is 0 Å². The van der Waals surface area contributed by atoms with Gasteiger partial charge in [0.05, 0.1) is 11.8 Å². The highest BCUT2D eigenvalue weighted by Gasteiger charge is 2.37. The lowest BCUT2D eigenvalue weighted by molar-refractivity contribution is 0.647. The molecule has 9 aromatic rings. The Hall–Kier alpha value is -6.58. The summed E-state index contributed by atoms with van der Waals surface area (Å²) in [5.74, 6) is 0.929. The predicted molar refractivity (Wildman–Crippen MR) is 226 cm³/mol. The van der Waals surface area contributed by atoms with E-state index in [1.54, 1.807) is 0 Å². The van der Waals surface area contributed by atoms with Crippen molar-refractivity contribution in [3.8, 4) is 11.1 Å². The lowest BCUT2D eigenvalue weighted by Crippen LogP contribution is -2.32. The second kappa shape index (κ2) is 10.7. The summed E-state index contributed by atoms with van der Waals surface area (Å²) in [6.07, 6.45) is 8.65. The van der Waals surface area contributed by atoms with Crippen molar-refractivity contribution in [2.75, 3.05) is 0 Å². The summed E-state index contributed by atoms with van der Waals surface area (Å²) in [6.45, 7) is 4.67. The van der Waals surface area contributed by atoms with Crippen LogP contribution in [0.5, 0.6) is 0 Å². The molecule has 0 spiro atoms. The number of hydrogen-bond donors (Lipinski definition) is 0. The topological polar surface area (TPSA) is 37.9 Å². The van der Waals surface area contributed by atoms with Crippen LogP contribution in [-0.2, 0) is 5.41 Å². The monoisotopic (exact) mass is 690 g/mol. The van der Waals surface area contributed by atoms with Crippen LogP contribution >= 0.6 is 0 Å². The van der Waals surface area contributed by atoms with Gasteiger partial charge in [0.25, 0.3) is 0 Å². The minimum Gasteiger partial charge on any atom is -0.456 e. The van der Waals surface area contributed by atoms with E-state index in [2.05, 4.69) is 172 Å². The van der Waals surface area contributed by atoms with Gasteiger partial charge in [-0.3, -0.25) is 4.99 Å². The van der Waals surface area contributed by atoms with Crippen molar-refractivity contribution < 1.29 is 4.42 Å². The predicted octanol–water partition coefficient (Wildman–Crippen LogP) is 12.9. The Morgan fingerprint density at radius 2 is 1.24 bits per heavy atom. The van der Waals surface area contributed by atoms with E-state index in [1.807, 2.05) is 0 Å². The van der Waals surface area contributed by atoms with Crippen molar-refractivity contribution in [3.63, 3.8) is 0 Å². The molecule has 2 atom stereocenters. The third-order valence-corrected chi connectivity index (χ3v) is 12.4. The molecule has 8 aromatic carbocycles. The summed E-state index contributed by atoms with van der Waals surface area (Å²) < 4.78 is 6.83. The van der Waals surface area contributed by atoms with Crippen LogP contribution in [0.4, 0.5) is 0 Å². The van der Waals surface area contributed by atoms with Crippen molar-refractivity contribution in [2.24, 2.45) is 15.9 Å². The Balaban J connectivity index is 1.04. The molecule has 2 heterocycles. The first-order valence-electron chi connectivity index (χ1n) is 18.9. The summed E-state index contributed by atoms with van der Waals surface area (Å²) in [7, 11) is 0. The third kappa shape index (κ3) is 4.07. The van der Waals surface area contributed by atoms with Crippen LogP contribution in [0.3, 0.4) is 0 Å². The summed E-state index contributed by atoms with van der Waals surface area (Å²) in [4.78, 5) is 10.4. The van der Waals surface area contributed by atoms with Crippen LogP contribution in [0.2, 0.25) is 0 Å². The van der Waals surface area contributed by atoms with Gasteiger partial charge in [-0.2, -0.15) is 0 Å². The molecule has 0 fully saturated rings. The van der Waals surface area contributed by atoms with Crippen LogP contribution in [-0.4, -0.2) is 17.6 Å². The maximum absolute atomic E-state index is 6.83. The number of rotatable bonds is 2. The van der Waals surface area contributed by atoms with Gasteiger partial charge in [0.15, 0.2) is 5.84 Å². The number of allylic oxidation sites excluding steroid dienone is 2. The molecule has 1 aliphatic heterocycles. The van der Waals surface area contributed by atoms with Gasteiger partial charge < -0.3 is 4.42 Å². The highest BCUT2D eigenvalue weighted by atomic mass is 16.3. The van der Waals surface area contributed by atoms with Crippen molar-refractivity contribution in [2.45, 2.75) is 25.3 Å². The van der Waals surface area contributed by atoms with Gasteiger partial charge in [0, 0.05) is 27.7 Å². The fourth-order valence-electron chi connectivity index (χ4n) is 9.69. The van der Waals surface area contributed by atoms with Gasteiger partial charge in [-0.1, -0.05) is 141 Å². The third-order valence-electron chi connectivity index (χ3n) is 12.4. The van der Waals surface area contributed by atoms with Crippen molar-refractivity contribution in [3.05, 3.63) is 180 Å². The molecule has 1 aromatic heterocycles. The molecule has 0 bridgehead atoms. The van der Waals surface area contributed by atoms with Crippen LogP contribution in [0, 0.1) is 5.92 Å². The van der Waals surface area contributed by atoms with E-state index >= 15 is 0 Å². The average molecular weight is 691 g/mol. The smallest absolute Gasteiger partial charge is 0.155 e. The summed E-state index contributed by atoms with van der Waals surface area (Å²) in [6, 6.07) is 48.8. The van der Waals surface area contributed by atoms with E-state index in [1.165, 1.54) is 65.3 Å². The maximum Gasteiger partial charge on any atom is 0.155 e. The van der Waals surface area contributed by atoms with Crippen LogP contribution in [0.1, 0.15) is 36.1 Å². The highest BCUT2D eigenvalue weighted by molar-refractivity contribution is 6.33. The van der Waals surface area contributed by atoms with Gasteiger partial charge in [-0.05, 0) is 101 Å². The van der Waals surface area contributed by atoms with Gasteiger partial charge in [0.1, 0.15) is 11.2 Å². The SMILES string of the molecule is CC1(C)c2cc(C3=NC4C=CC=CC4C(c4ccccc4)=N3)ccc2-c2cc3c(cc21)oc1cc2c(cc13)c1ccccc1c1ccc3ccccc3c12. The van der Waals surface area contributed by atoms with Gasteiger partial charge >= 0.3 is 0 Å². The summed E-state index contributed by atoms with van der Waals surface area (Å²) in [5, 5.41) is 12.4. The molecule has 0 saturated carbocycles. The molecule has 0 radical (unpaired) electrons. The first kappa shape index (κ1) is 29.9. The number of furan rings is 1. The molecular weight excluding hydrogens is 657 g/mol. The molecule has 0 saturated heterocycles. The molecule has 12 rings (SSSR count). The number of hydrogen-bond acceptors (Lipinski definition) is 3. The van der Waals surface area contributed by atoms with Crippen LogP contribution in [0.15, 0.2) is 172 Å². The molecule has 2 unspecified atom stereocenters. The molecule has 54 heavy (non-hydrogen) atoms. The first-order chi connectivity index (χ1) is 26.5. The van der Waals surface area contributed by atoms with Gasteiger partial charge in [0.2, 0.25) is 0 Å². The molecule has 2 aliphatic carbocycles. The standard InChI is InChI=1S/C51H34N2O/c1-51(2)43-24-31(50-52-45-19-11-10-18-37(45)49(53-50)30-13-4-3-5-14-30)21-22-35(43)39-26-41-40-25-38-34-17-9-8-16-33(34)36-23-20-29-12-6-7-15-32(29)48(36)42(38)27-46(40)54-47(41)28-44(39)51/h3-28,37,45H,1-2H3. The van der Waals surface area contributed by atoms with E-state index in [-0.39, 0.29) is 17.4 Å². The Morgan fingerprint density at radius 1 is 0.519 bits per heavy atom. The van der Waals surface area contributed by atoms with Crippen molar-refractivity contribution in [1.29, 1.82) is 0 Å². The van der Waals surface area contributed by atoms with E-state index in [4.69, 9.17) is 14.4 Å². The molecule has 0 N–H and O–H groups in total. The fraction of sp³-hybridized carbons (Fsp3) is 0.0980. The first-order valence-corrected chi connectivity index (χ1v) is 18.9. The molecule has 254 valence electrons. The number of nitrogens with zero attached hydrogens (tertiary/aromatic N) is 2. The molecule has 3 heteroatoms. The largest absolute Gasteiger partial charge is 0.456 e. The summed E-state index contributed by atoms with van der Waals surface area (Å²) >= 11 is 0. The Labute approximate surface area is 312 Å². The lowest BCUT2D eigenvalue weighted by atomic mass is 9.81. The molecule has 3 nitrogen and oxygen atoms in total. The molecule has 3 aliphatic rings. The second-order valence-electron chi connectivity index (χ2n) is 15.6. The molecular formula is C51H34N2O. The second-order valence-corrected chi connectivity index (χ2v) is 15.6. The Bertz CT molecular complexity index is 3250. The zero-order valence-corrected chi connectivity index (χ0v) is 30.0. The fourth-order valence-corrected chi connectivity index (χ4v) is 9.69. The van der Waals surface area contributed by atoms with Gasteiger partial charge in [-0.15, -0.1) is 0 Å². The Kier molecular flexibility index (Phi) is 5.96.